The van der Waals surface area contributed by atoms with Crippen molar-refractivity contribution in [1.29, 1.82) is 0 Å². The predicted molar refractivity (Wildman–Crippen MR) is 170 cm³/mol. The van der Waals surface area contributed by atoms with Crippen LogP contribution >= 0.6 is 0 Å². The third-order valence-electron chi connectivity index (χ3n) is 7.87. The van der Waals surface area contributed by atoms with Crippen molar-refractivity contribution in [2.75, 3.05) is 13.4 Å². The fraction of sp³-hybridized carbons (Fsp3) is 0.400. The lowest BCUT2D eigenvalue weighted by atomic mass is 10.0. The maximum Gasteiger partial charge on any atom is 0.410 e. The topological polar surface area (TPSA) is 126 Å². The number of nitrogens with zero attached hydrogens (tertiary/aromatic N) is 1. The highest BCUT2D eigenvalue weighted by Crippen LogP contribution is 2.35. The number of urea groups is 1. The molecule has 10 heteroatoms. The molecule has 0 bridgehead atoms. The molecule has 3 atom stereocenters. The summed E-state index contributed by atoms with van der Waals surface area (Å²) < 4.78 is 16.6. The van der Waals surface area contributed by atoms with Crippen molar-refractivity contribution in [3.63, 3.8) is 0 Å². The quantitative estimate of drug-likeness (QED) is 0.181. The summed E-state index contributed by atoms with van der Waals surface area (Å²) >= 11 is 0. The molecule has 1 unspecified atom stereocenters. The van der Waals surface area contributed by atoms with E-state index in [1.807, 2.05) is 76.2 Å². The SMILES string of the molecule is CCCC[C@@H](COC(=O)N(Cc1ccc(C)cc1)C(C)c1ccc(C)cc1)NC(=O)N[C@@H](CC(=O)O)c1ccc2c(c1)OCO2. The molecule has 3 aromatic rings. The van der Waals surface area contributed by atoms with E-state index in [1.54, 1.807) is 23.1 Å². The van der Waals surface area contributed by atoms with E-state index >= 15 is 0 Å². The predicted octanol–water partition coefficient (Wildman–Crippen LogP) is 6.81. The minimum Gasteiger partial charge on any atom is -0.481 e. The lowest BCUT2D eigenvalue weighted by Crippen LogP contribution is -2.46. The maximum atomic E-state index is 13.6. The number of carbonyl (C=O) groups is 3. The molecule has 1 aliphatic heterocycles. The zero-order valence-corrected chi connectivity index (χ0v) is 26.4. The van der Waals surface area contributed by atoms with Gasteiger partial charge in [0.25, 0.3) is 0 Å². The number of aliphatic carboxylic acids is 1. The van der Waals surface area contributed by atoms with E-state index in [0.29, 0.717) is 30.0 Å². The number of unbranched alkanes of at least 4 members (excludes halogenated alkanes) is 1. The highest BCUT2D eigenvalue weighted by Gasteiger charge is 2.26. The third kappa shape index (κ3) is 9.63. The number of rotatable bonds is 14. The van der Waals surface area contributed by atoms with E-state index < -0.39 is 30.2 Å². The van der Waals surface area contributed by atoms with Gasteiger partial charge in [-0.2, -0.15) is 0 Å². The summed E-state index contributed by atoms with van der Waals surface area (Å²) in [4.78, 5) is 40.1. The molecule has 0 fully saturated rings. The van der Waals surface area contributed by atoms with Crippen molar-refractivity contribution >= 4 is 18.1 Å². The number of nitrogens with one attached hydrogen (secondary N) is 2. The van der Waals surface area contributed by atoms with Crippen LogP contribution in [0.2, 0.25) is 0 Å². The van der Waals surface area contributed by atoms with Gasteiger partial charge in [-0.25, -0.2) is 9.59 Å². The van der Waals surface area contributed by atoms with Crippen LogP contribution in [0.1, 0.15) is 79.4 Å². The Hall–Kier alpha value is -4.73. The van der Waals surface area contributed by atoms with E-state index in [0.717, 1.165) is 35.1 Å². The summed E-state index contributed by atoms with van der Waals surface area (Å²) in [6.45, 7) is 8.45. The van der Waals surface area contributed by atoms with Crippen molar-refractivity contribution in [3.05, 3.63) is 94.5 Å². The lowest BCUT2D eigenvalue weighted by molar-refractivity contribution is -0.137. The Labute approximate surface area is 264 Å². The Morgan fingerprint density at radius 1 is 0.911 bits per heavy atom. The standard InChI is InChI=1S/C35H43N3O7/c1-5-6-7-29(36-34(41)37-30(19-33(39)40)28-16-17-31-32(18-28)45-22-44-31)21-43-35(42)38(20-26-12-8-23(2)9-13-26)25(4)27-14-10-24(3)11-15-27/h8-18,25,29-30H,5-7,19-22H2,1-4H3,(H,39,40)(H2,36,37,41)/t25?,29-,30-/m0/s1. The monoisotopic (exact) mass is 617 g/mol. The highest BCUT2D eigenvalue weighted by molar-refractivity contribution is 5.76. The molecule has 1 aliphatic rings. The normalized spacial score (nSPS) is 13.8. The first-order valence-corrected chi connectivity index (χ1v) is 15.4. The average Bonchev–Trinajstić information content (AvgIpc) is 3.49. The van der Waals surface area contributed by atoms with Gasteiger partial charge in [-0.15, -0.1) is 0 Å². The van der Waals surface area contributed by atoms with Gasteiger partial charge < -0.3 is 30.0 Å². The van der Waals surface area contributed by atoms with Crippen LogP contribution in [-0.2, 0) is 16.1 Å². The number of hydrogen-bond donors (Lipinski definition) is 3. The van der Waals surface area contributed by atoms with Crippen molar-refractivity contribution in [1.82, 2.24) is 15.5 Å². The number of hydrogen-bond acceptors (Lipinski definition) is 6. The number of carboxylic acid groups (broad SMARTS) is 1. The molecule has 3 N–H and O–H groups in total. The largest absolute Gasteiger partial charge is 0.481 e. The first kappa shape index (κ1) is 33.2. The van der Waals surface area contributed by atoms with Crippen molar-refractivity contribution in [2.24, 2.45) is 0 Å². The Balaban J connectivity index is 1.44. The average molecular weight is 618 g/mol. The van der Waals surface area contributed by atoms with Crippen molar-refractivity contribution < 1.29 is 33.7 Å². The van der Waals surface area contributed by atoms with Gasteiger partial charge in [-0.3, -0.25) is 9.69 Å². The summed E-state index contributed by atoms with van der Waals surface area (Å²) in [7, 11) is 0. The molecule has 3 amide bonds. The molecule has 0 radical (unpaired) electrons. The molecule has 3 aromatic carbocycles. The summed E-state index contributed by atoms with van der Waals surface area (Å²) in [5, 5.41) is 15.2. The molecular formula is C35H43N3O7. The molecule has 240 valence electrons. The second kappa shape index (κ2) is 15.8. The number of carbonyl (C=O) groups excluding carboxylic acids is 2. The van der Waals surface area contributed by atoms with E-state index in [2.05, 4.69) is 10.6 Å². The first-order valence-electron chi connectivity index (χ1n) is 15.4. The number of carboxylic acids is 1. The van der Waals surface area contributed by atoms with Crippen LogP contribution in [0.25, 0.3) is 0 Å². The van der Waals surface area contributed by atoms with Gasteiger partial charge in [0.2, 0.25) is 6.79 Å². The molecular weight excluding hydrogens is 574 g/mol. The fourth-order valence-corrected chi connectivity index (χ4v) is 5.12. The summed E-state index contributed by atoms with van der Waals surface area (Å²) in [6, 6.07) is 19.1. The number of benzene rings is 3. The van der Waals surface area contributed by atoms with Crippen molar-refractivity contribution in [3.8, 4) is 11.5 Å². The minimum atomic E-state index is -1.06. The van der Waals surface area contributed by atoms with Crippen LogP contribution in [0, 0.1) is 13.8 Å². The molecule has 45 heavy (non-hydrogen) atoms. The maximum absolute atomic E-state index is 13.6. The number of ether oxygens (including phenoxy) is 3. The van der Waals surface area contributed by atoms with E-state index in [-0.39, 0.29) is 25.9 Å². The molecule has 4 rings (SSSR count). The minimum absolute atomic E-state index is 0.0368. The number of amides is 3. The first-order chi connectivity index (χ1) is 21.6. The second-order valence-corrected chi connectivity index (χ2v) is 11.5. The molecule has 1 heterocycles. The summed E-state index contributed by atoms with van der Waals surface area (Å²) in [5.74, 6) is -0.00877. The van der Waals surface area contributed by atoms with Crippen LogP contribution in [-0.4, -0.2) is 47.5 Å². The molecule has 0 aromatic heterocycles. The van der Waals surface area contributed by atoms with Crippen LogP contribution in [0.15, 0.2) is 66.7 Å². The zero-order valence-electron chi connectivity index (χ0n) is 26.4. The fourth-order valence-electron chi connectivity index (χ4n) is 5.12. The Kier molecular flexibility index (Phi) is 11.7. The Morgan fingerprint density at radius 2 is 1.56 bits per heavy atom. The van der Waals surface area contributed by atoms with Gasteiger partial charge >= 0.3 is 18.1 Å². The van der Waals surface area contributed by atoms with E-state index in [9.17, 15) is 19.5 Å². The highest BCUT2D eigenvalue weighted by atomic mass is 16.7. The number of fused-ring (bicyclic) bond motifs is 1. The van der Waals surface area contributed by atoms with Crippen molar-refractivity contribution in [2.45, 2.75) is 78.0 Å². The van der Waals surface area contributed by atoms with Crippen LogP contribution in [0.4, 0.5) is 9.59 Å². The van der Waals surface area contributed by atoms with Crippen LogP contribution in [0.5, 0.6) is 11.5 Å². The molecule has 0 saturated heterocycles. The van der Waals surface area contributed by atoms with Gasteiger partial charge in [-0.1, -0.05) is 85.5 Å². The molecule has 0 spiro atoms. The summed E-state index contributed by atoms with van der Waals surface area (Å²) in [5.41, 5.74) is 4.80. The number of aryl methyl sites for hydroxylation is 2. The molecule has 10 nitrogen and oxygen atoms in total. The van der Waals surface area contributed by atoms with Crippen LogP contribution in [0.3, 0.4) is 0 Å². The third-order valence-corrected chi connectivity index (χ3v) is 7.87. The Morgan fingerprint density at radius 3 is 2.22 bits per heavy atom. The van der Waals surface area contributed by atoms with Gasteiger partial charge in [-0.05, 0) is 56.0 Å². The zero-order chi connectivity index (χ0) is 32.3. The van der Waals surface area contributed by atoms with E-state index in [1.165, 1.54) is 0 Å². The van der Waals surface area contributed by atoms with Gasteiger partial charge in [0.1, 0.15) is 6.61 Å². The van der Waals surface area contributed by atoms with Gasteiger partial charge in [0.15, 0.2) is 11.5 Å². The smallest absolute Gasteiger partial charge is 0.410 e. The van der Waals surface area contributed by atoms with E-state index in [4.69, 9.17) is 14.2 Å². The Bertz CT molecular complexity index is 1440. The van der Waals surface area contributed by atoms with Crippen LogP contribution < -0.4 is 20.1 Å². The molecule has 0 saturated carbocycles. The summed E-state index contributed by atoms with van der Waals surface area (Å²) in [6.07, 6.45) is 1.45. The molecule has 0 aliphatic carbocycles. The second-order valence-electron chi connectivity index (χ2n) is 11.5. The van der Waals surface area contributed by atoms with Gasteiger partial charge in [0, 0.05) is 6.54 Å². The van der Waals surface area contributed by atoms with Gasteiger partial charge in [0.05, 0.1) is 24.5 Å². The lowest BCUT2D eigenvalue weighted by Gasteiger charge is -2.30.